The maximum atomic E-state index is 6.04. The average Bonchev–Trinajstić information content (AvgIpc) is 2.93. The van der Waals surface area contributed by atoms with Crippen molar-refractivity contribution in [3.63, 3.8) is 0 Å². The normalized spacial score (nSPS) is 18.3. The molecule has 0 aliphatic heterocycles. The second-order valence-electron chi connectivity index (χ2n) is 5.28. The lowest BCUT2D eigenvalue weighted by Gasteiger charge is -2.34. The summed E-state index contributed by atoms with van der Waals surface area (Å²) in [5.41, 5.74) is 6.04. The minimum atomic E-state index is 0.503. The zero-order chi connectivity index (χ0) is 13.9. The maximum absolute atomic E-state index is 6.04. The summed E-state index contributed by atoms with van der Waals surface area (Å²) in [7, 11) is 0. The summed E-state index contributed by atoms with van der Waals surface area (Å²) in [6.45, 7) is 9.95. The summed E-state index contributed by atoms with van der Waals surface area (Å²) in [5.74, 6) is 0.772. The van der Waals surface area contributed by atoms with Gasteiger partial charge >= 0.3 is 0 Å². The number of hydrogen-bond acceptors (Lipinski definition) is 4. The molecule has 0 aromatic rings. The SMILES string of the molecule is CCOCCN(CCOCC)C(CN)C1CCCC1. The Morgan fingerprint density at radius 2 is 1.58 bits per heavy atom. The van der Waals surface area contributed by atoms with E-state index in [1.807, 2.05) is 13.8 Å². The molecule has 4 heteroatoms. The molecule has 1 unspecified atom stereocenters. The lowest BCUT2D eigenvalue weighted by molar-refractivity contribution is 0.0496. The van der Waals surface area contributed by atoms with Crippen LogP contribution in [-0.2, 0) is 9.47 Å². The molecule has 0 bridgehead atoms. The van der Waals surface area contributed by atoms with E-state index in [4.69, 9.17) is 15.2 Å². The first-order chi connectivity index (χ1) is 9.33. The first-order valence-electron chi connectivity index (χ1n) is 7.93. The molecular weight excluding hydrogens is 240 g/mol. The van der Waals surface area contributed by atoms with Crippen molar-refractivity contribution >= 4 is 0 Å². The van der Waals surface area contributed by atoms with Gasteiger partial charge in [0, 0.05) is 38.9 Å². The Morgan fingerprint density at radius 3 is 2.00 bits per heavy atom. The highest BCUT2D eigenvalue weighted by molar-refractivity contribution is 4.83. The van der Waals surface area contributed by atoms with E-state index in [0.717, 1.165) is 52.0 Å². The Hall–Kier alpha value is -0.160. The molecule has 1 saturated carbocycles. The van der Waals surface area contributed by atoms with Crippen LogP contribution in [0.25, 0.3) is 0 Å². The van der Waals surface area contributed by atoms with E-state index in [9.17, 15) is 0 Å². The molecule has 19 heavy (non-hydrogen) atoms. The molecule has 1 atom stereocenters. The van der Waals surface area contributed by atoms with Crippen LogP contribution in [0.1, 0.15) is 39.5 Å². The van der Waals surface area contributed by atoms with E-state index in [1.54, 1.807) is 0 Å². The molecule has 2 N–H and O–H groups in total. The third-order valence-electron chi connectivity index (χ3n) is 4.11. The molecule has 0 spiro atoms. The van der Waals surface area contributed by atoms with Crippen LogP contribution in [0.2, 0.25) is 0 Å². The van der Waals surface area contributed by atoms with Crippen LogP contribution in [0.4, 0.5) is 0 Å². The Morgan fingerprint density at radius 1 is 1.05 bits per heavy atom. The highest BCUT2D eigenvalue weighted by atomic mass is 16.5. The van der Waals surface area contributed by atoms with E-state index in [1.165, 1.54) is 25.7 Å². The van der Waals surface area contributed by atoms with E-state index in [2.05, 4.69) is 4.90 Å². The van der Waals surface area contributed by atoms with Crippen LogP contribution in [0.3, 0.4) is 0 Å². The molecule has 0 amide bonds. The van der Waals surface area contributed by atoms with Crippen molar-refractivity contribution in [2.75, 3.05) is 46.1 Å². The Labute approximate surface area is 118 Å². The molecule has 1 aliphatic rings. The van der Waals surface area contributed by atoms with Gasteiger partial charge in [0.1, 0.15) is 0 Å². The number of hydrogen-bond donors (Lipinski definition) is 1. The van der Waals surface area contributed by atoms with E-state index < -0.39 is 0 Å². The first-order valence-corrected chi connectivity index (χ1v) is 7.93. The molecule has 0 radical (unpaired) electrons. The predicted octanol–water partition coefficient (Wildman–Crippen LogP) is 1.88. The third kappa shape index (κ3) is 6.21. The van der Waals surface area contributed by atoms with Gasteiger partial charge in [0.05, 0.1) is 13.2 Å². The summed E-state index contributed by atoms with van der Waals surface area (Å²) >= 11 is 0. The molecular formula is C15H32N2O2. The molecule has 1 aliphatic carbocycles. The van der Waals surface area contributed by atoms with Crippen LogP contribution in [0, 0.1) is 5.92 Å². The second kappa shape index (κ2) is 10.6. The molecule has 4 nitrogen and oxygen atoms in total. The van der Waals surface area contributed by atoms with Gasteiger partial charge < -0.3 is 15.2 Å². The first kappa shape index (κ1) is 16.9. The number of nitrogens with zero attached hydrogens (tertiary/aromatic N) is 1. The number of rotatable bonds is 11. The van der Waals surface area contributed by atoms with Gasteiger partial charge in [-0.05, 0) is 32.6 Å². The van der Waals surface area contributed by atoms with E-state index in [-0.39, 0.29) is 0 Å². The van der Waals surface area contributed by atoms with Gasteiger partial charge in [-0.3, -0.25) is 4.90 Å². The molecule has 1 fully saturated rings. The summed E-state index contributed by atoms with van der Waals surface area (Å²) in [4.78, 5) is 2.49. The fourth-order valence-electron chi connectivity index (χ4n) is 3.08. The Kier molecular flexibility index (Phi) is 9.43. The highest BCUT2D eigenvalue weighted by Crippen LogP contribution is 2.29. The standard InChI is InChI=1S/C15H32N2O2/c1-3-18-11-9-17(10-12-19-4-2)15(13-16)14-7-5-6-8-14/h14-15H,3-13,16H2,1-2H3. The van der Waals surface area contributed by atoms with Crippen LogP contribution in [0.5, 0.6) is 0 Å². The maximum Gasteiger partial charge on any atom is 0.0593 e. The predicted molar refractivity (Wildman–Crippen MR) is 79.4 cm³/mol. The minimum absolute atomic E-state index is 0.503. The summed E-state index contributed by atoms with van der Waals surface area (Å²) in [6.07, 6.45) is 5.40. The fraction of sp³-hybridized carbons (Fsp3) is 1.00. The lowest BCUT2D eigenvalue weighted by atomic mass is 9.96. The third-order valence-corrected chi connectivity index (χ3v) is 4.11. The highest BCUT2D eigenvalue weighted by Gasteiger charge is 2.28. The Balaban J connectivity index is 2.46. The van der Waals surface area contributed by atoms with Gasteiger partial charge in [0.15, 0.2) is 0 Å². The zero-order valence-electron chi connectivity index (χ0n) is 12.8. The van der Waals surface area contributed by atoms with Gasteiger partial charge in [-0.25, -0.2) is 0 Å². The van der Waals surface area contributed by atoms with Crippen LogP contribution in [0.15, 0.2) is 0 Å². The van der Waals surface area contributed by atoms with Gasteiger partial charge in [-0.2, -0.15) is 0 Å². The summed E-state index contributed by atoms with van der Waals surface area (Å²) in [5, 5.41) is 0. The fourth-order valence-corrected chi connectivity index (χ4v) is 3.08. The van der Waals surface area contributed by atoms with Gasteiger partial charge in [-0.15, -0.1) is 0 Å². The van der Waals surface area contributed by atoms with Crippen molar-refractivity contribution in [3.8, 4) is 0 Å². The Bertz CT molecular complexity index is 198. The van der Waals surface area contributed by atoms with Gasteiger partial charge in [0.25, 0.3) is 0 Å². The molecule has 1 rings (SSSR count). The largest absolute Gasteiger partial charge is 0.380 e. The summed E-state index contributed by atoms with van der Waals surface area (Å²) < 4.78 is 11.0. The van der Waals surface area contributed by atoms with E-state index in [0.29, 0.717) is 6.04 Å². The second-order valence-corrected chi connectivity index (χ2v) is 5.28. The van der Waals surface area contributed by atoms with Gasteiger partial charge in [0.2, 0.25) is 0 Å². The topological polar surface area (TPSA) is 47.7 Å². The zero-order valence-corrected chi connectivity index (χ0v) is 12.8. The van der Waals surface area contributed by atoms with Crippen molar-refractivity contribution < 1.29 is 9.47 Å². The molecule has 0 saturated heterocycles. The average molecular weight is 272 g/mol. The van der Waals surface area contributed by atoms with Crippen molar-refractivity contribution in [1.29, 1.82) is 0 Å². The van der Waals surface area contributed by atoms with Crippen molar-refractivity contribution in [2.24, 2.45) is 11.7 Å². The van der Waals surface area contributed by atoms with Crippen LogP contribution < -0.4 is 5.73 Å². The monoisotopic (exact) mass is 272 g/mol. The van der Waals surface area contributed by atoms with E-state index >= 15 is 0 Å². The molecule has 0 heterocycles. The lowest BCUT2D eigenvalue weighted by Crippen LogP contribution is -2.47. The quantitative estimate of drug-likeness (QED) is 0.583. The van der Waals surface area contributed by atoms with Crippen molar-refractivity contribution in [2.45, 2.75) is 45.6 Å². The number of nitrogens with two attached hydrogens (primary N) is 1. The van der Waals surface area contributed by atoms with Crippen molar-refractivity contribution in [3.05, 3.63) is 0 Å². The number of ether oxygens (including phenoxy) is 2. The molecule has 0 aromatic carbocycles. The van der Waals surface area contributed by atoms with Crippen LogP contribution >= 0.6 is 0 Å². The van der Waals surface area contributed by atoms with Crippen molar-refractivity contribution in [1.82, 2.24) is 4.90 Å². The smallest absolute Gasteiger partial charge is 0.0593 e. The molecule has 0 aromatic heterocycles. The van der Waals surface area contributed by atoms with Crippen LogP contribution in [-0.4, -0.2) is 57.0 Å². The van der Waals surface area contributed by atoms with Gasteiger partial charge in [-0.1, -0.05) is 12.8 Å². The minimum Gasteiger partial charge on any atom is -0.380 e. The molecule has 114 valence electrons. The summed E-state index contributed by atoms with van der Waals surface area (Å²) in [6, 6.07) is 0.503.